The van der Waals surface area contributed by atoms with E-state index in [0.29, 0.717) is 6.54 Å². The first-order valence-electron chi connectivity index (χ1n) is 5.19. The zero-order chi connectivity index (χ0) is 12.0. The predicted octanol–water partition coefficient (Wildman–Crippen LogP) is 0.685. The van der Waals surface area contributed by atoms with Crippen molar-refractivity contribution < 1.29 is 5.21 Å². The molecule has 0 bridgehead atoms. The van der Waals surface area contributed by atoms with Crippen LogP contribution in [0.3, 0.4) is 0 Å². The second-order valence-electron chi connectivity index (χ2n) is 3.55. The molecule has 1 unspecified atom stereocenters. The summed E-state index contributed by atoms with van der Waals surface area (Å²) in [6, 6.07) is 3.72. The van der Waals surface area contributed by atoms with Gasteiger partial charge in [-0.2, -0.15) is 5.10 Å². The SMILES string of the molecule is CCN(CC(C)C(N)=NO)c1cccnn1. The molecule has 0 fully saturated rings. The molecule has 6 nitrogen and oxygen atoms in total. The van der Waals surface area contributed by atoms with Crippen molar-refractivity contribution in [2.24, 2.45) is 16.8 Å². The van der Waals surface area contributed by atoms with Gasteiger partial charge in [0.15, 0.2) is 5.82 Å². The normalized spacial score (nSPS) is 13.5. The van der Waals surface area contributed by atoms with E-state index >= 15 is 0 Å². The molecule has 0 radical (unpaired) electrons. The minimum Gasteiger partial charge on any atom is -0.409 e. The number of nitrogens with zero attached hydrogens (tertiary/aromatic N) is 4. The number of oxime groups is 1. The number of anilines is 1. The van der Waals surface area contributed by atoms with Crippen LogP contribution in [0.4, 0.5) is 5.82 Å². The van der Waals surface area contributed by atoms with E-state index in [1.165, 1.54) is 0 Å². The zero-order valence-electron chi connectivity index (χ0n) is 9.54. The zero-order valence-corrected chi connectivity index (χ0v) is 9.54. The third-order valence-electron chi connectivity index (χ3n) is 2.38. The van der Waals surface area contributed by atoms with Gasteiger partial charge in [-0.1, -0.05) is 12.1 Å². The van der Waals surface area contributed by atoms with Crippen LogP contribution in [-0.2, 0) is 0 Å². The molecule has 1 rings (SSSR count). The van der Waals surface area contributed by atoms with Crippen LogP contribution in [-0.4, -0.2) is 34.3 Å². The minimum absolute atomic E-state index is 0.0352. The fourth-order valence-corrected chi connectivity index (χ4v) is 1.37. The molecule has 0 aromatic carbocycles. The summed E-state index contributed by atoms with van der Waals surface area (Å²) in [5, 5.41) is 19.4. The highest BCUT2D eigenvalue weighted by Gasteiger charge is 2.13. The number of hydrogen-bond acceptors (Lipinski definition) is 5. The summed E-state index contributed by atoms with van der Waals surface area (Å²) in [4.78, 5) is 2.02. The highest BCUT2D eigenvalue weighted by Crippen LogP contribution is 2.10. The molecule has 0 aliphatic carbocycles. The number of amidine groups is 1. The van der Waals surface area contributed by atoms with Crippen molar-refractivity contribution in [1.29, 1.82) is 0 Å². The van der Waals surface area contributed by atoms with E-state index in [1.54, 1.807) is 6.20 Å². The van der Waals surface area contributed by atoms with E-state index in [2.05, 4.69) is 15.4 Å². The van der Waals surface area contributed by atoms with Gasteiger partial charge in [-0.05, 0) is 19.1 Å². The summed E-state index contributed by atoms with van der Waals surface area (Å²) >= 11 is 0. The topological polar surface area (TPSA) is 87.6 Å². The van der Waals surface area contributed by atoms with E-state index in [4.69, 9.17) is 10.9 Å². The molecule has 1 heterocycles. The first-order valence-corrected chi connectivity index (χ1v) is 5.19. The Kier molecular flexibility index (Phi) is 4.50. The van der Waals surface area contributed by atoms with E-state index in [-0.39, 0.29) is 11.8 Å². The van der Waals surface area contributed by atoms with Gasteiger partial charge < -0.3 is 15.8 Å². The van der Waals surface area contributed by atoms with Gasteiger partial charge in [-0.25, -0.2) is 0 Å². The molecular formula is C10H17N5O. The fraction of sp³-hybridized carbons (Fsp3) is 0.500. The lowest BCUT2D eigenvalue weighted by Crippen LogP contribution is -2.35. The highest BCUT2D eigenvalue weighted by molar-refractivity contribution is 5.82. The smallest absolute Gasteiger partial charge is 0.151 e. The number of aromatic nitrogens is 2. The van der Waals surface area contributed by atoms with Gasteiger partial charge in [0.05, 0.1) is 0 Å². The fourth-order valence-electron chi connectivity index (χ4n) is 1.37. The Bertz CT molecular complexity index is 340. The highest BCUT2D eigenvalue weighted by atomic mass is 16.4. The van der Waals surface area contributed by atoms with E-state index in [1.807, 2.05) is 30.9 Å². The second-order valence-corrected chi connectivity index (χ2v) is 3.55. The van der Waals surface area contributed by atoms with Crippen molar-refractivity contribution in [3.63, 3.8) is 0 Å². The quantitative estimate of drug-likeness (QED) is 0.332. The van der Waals surface area contributed by atoms with Gasteiger partial charge in [-0.15, -0.1) is 5.10 Å². The second kappa shape index (κ2) is 5.89. The predicted molar refractivity (Wildman–Crippen MR) is 62.5 cm³/mol. The lowest BCUT2D eigenvalue weighted by atomic mass is 10.1. The summed E-state index contributed by atoms with van der Waals surface area (Å²) in [7, 11) is 0. The minimum atomic E-state index is -0.0352. The van der Waals surface area contributed by atoms with Crippen molar-refractivity contribution in [3.05, 3.63) is 18.3 Å². The Morgan fingerprint density at radius 2 is 2.44 bits per heavy atom. The molecule has 1 aromatic heterocycles. The molecule has 0 aliphatic heterocycles. The number of nitrogens with two attached hydrogens (primary N) is 1. The van der Waals surface area contributed by atoms with Gasteiger partial charge in [0.1, 0.15) is 5.84 Å². The summed E-state index contributed by atoms with van der Waals surface area (Å²) in [5.41, 5.74) is 5.53. The Morgan fingerprint density at radius 3 is 2.94 bits per heavy atom. The summed E-state index contributed by atoms with van der Waals surface area (Å²) in [6.45, 7) is 5.36. The monoisotopic (exact) mass is 223 g/mol. The van der Waals surface area contributed by atoms with Crippen LogP contribution in [0.5, 0.6) is 0 Å². The molecule has 0 amide bonds. The van der Waals surface area contributed by atoms with Gasteiger partial charge in [0.25, 0.3) is 0 Å². The molecule has 1 atom stereocenters. The average molecular weight is 223 g/mol. The molecule has 0 saturated carbocycles. The maximum absolute atomic E-state index is 8.58. The van der Waals surface area contributed by atoms with Crippen molar-refractivity contribution in [3.8, 4) is 0 Å². The molecule has 0 spiro atoms. The van der Waals surface area contributed by atoms with E-state index < -0.39 is 0 Å². The molecule has 88 valence electrons. The van der Waals surface area contributed by atoms with Crippen molar-refractivity contribution >= 4 is 11.7 Å². The molecule has 0 saturated heterocycles. The van der Waals surface area contributed by atoms with Gasteiger partial charge in [0.2, 0.25) is 0 Å². The average Bonchev–Trinajstić information content (AvgIpc) is 2.35. The first kappa shape index (κ1) is 12.2. The van der Waals surface area contributed by atoms with E-state index in [0.717, 1.165) is 12.4 Å². The van der Waals surface area contributed by atoms with Crippen LogP contribution >= 0.6 is 0 Å². The molecule has 3 N–H and O–H groups in total. The third-order valence-corrected chi connectivity index (χ3v) is 2.38. The van der Waals surface area contributed by atoms with Crippen LogP contribution in [0.2, 0.25) is 0 Å². The summed E-state index contributed by atoms with van der Waals surface area (Å²) in [5.74, 6) is 0.983. The van der Waals surface area contributed by atoms with Gasteiger partial charge in [0, 0.05) is 25.2 Å². The molecule has 0 aliphatic rings. The van der Waals surface area contributed by atoms with Crippen molar-refractivity contribution in [2.75, 3.05) is 18.0 Å². The number of rotatable bonds is 5. The lowest BCUT2D eigenvalue weighted by molar-refractivity contribution is 0.314. The Balaban J connectivity index is 2.70. The standard InChI is InChI=1S/C10H17N5O/c1-3-15(7-8(2)10(11)14-16)9-5-4-6-12-13-9/h4-6,8,16H,3,7H2,1-2H3,(H2,11,14). The van der Waals surface area contributed by atoms with Crippen LogP contribution in [0.1, 0.15) is 13.8 Å². The Morgan fingerprint density at radius 1 is 1.69 bits per heavy atom. The lowest BCUT2D eigenvalue weighted by Gasteiger charge is -2.24. The van der Waals surface area contributed by atoms with E-state index in [9.17, 15) is 0 Å². The van der Waals surface area contributed by atoms with Crippen LogP contribution < -0.4 is 10.6 Å². The van der Waals surface area contributed by atoms with Crippen LogP contribution in [0.15, 0.2) is 23.5 Å². The summed E-state index contributed by atoms with van der Waals surface area (Å²) < 4.78 is 0. The maximum atomic E-state index is 8.58. The summed E-state index contributed by atoms with van der Waals surface area (Å²) in [6.07, 6.45) is 1.63. The largest absolute Gasteiger partial charge is 0.409 e. The molecule has 16 heavy (non-hydrogen) atoms. The van der Waals surface area contributed by atoms with Crippen LogP contribution in [0, 0.1) is 5.92 Å². The molecule has 1 aromatic rings. The Labute approximate surface area is 94.8 Å². The molecule has 6 heteroatoms. The molecular weight excluding hydrogens is 206 g/mol. The van der Waals surface area contributed by atoms with Gasteiger partial charge in [-0.3, -0.25) is 0 Å². The number of hydrogen-bond donors (Lipinski definition) is 2. The van der Waals surface area contributed by atoms with Crippen molar-refractivity contribution in [1.82, 2.24) is 10.2 Å². The Hall–Kier alpha value is -1.85. The van der Waals surface area contributed by atoms with Gasteiger partial charge >= 0.3 is 0 Å². The first-order chi connectivity index (χ1) is 7.69. The van der Waals surface area contributed by atoms with Crippen molar-refractivity contribution in [2.45, 2.75) is 13.8 Å². The maximum Gasteiger partial charge on any atom is 0.151 e. The third kappa shape index (κ3) is 3.08. The van der Waals surface area contributed by atoms with Crippen LogP contribution in [0.25, 0.3) is 0 Å².